The minimum absolute atomic E-state index is 0.156. The summed E-state index contributed by atoms with van der Waals surface area (Å²) in [4.78, 5) is 19.9. The lowest BCUT2D eigenvalue weighted by Crippen LogP contribution is -2.11. The van der Waals surface area contributed by atoms with Gasteiger partial charge in [0, 0.05) is 5.69 Å². The molecule has 2 aromatic heterocycles. The Hall–Kier alpha value is -4.11. The van der Waals surface area contributed by atoms with Crippen molar-refractivity contribution in [2.45, 2.75) is 17.5 Å². The summed E-state index contributed by atoms with van der Waals surface area (Å²) in [6, 6.07) is 24.6. The van der Waals surface area contributed by atoms with E-state index in [1.807, 2.05) is 77.4 Å². The monoisotopic (exact) mass is 471 g/mol. The van der Waals surface area contributed by atoms with Gasteiger partial charge in [-0.25, -0.2) is 4.98 Å². The van der Waals surface area contributed by atoms with E-state index in [-0.39, 0.29) is 12.2 Å². The van der Waals surface area contributed by atoms with Crippen LogP contribution >= 0.6 is 11.8 Å². The van der Waals surface area contributed by atoms with Gasteiger partial charge in [0.2, 0.25) is 0 Å². The molecule has 0 fully saturated rings. The van der Waals surface area contributed by atoms with Crippen LogP contribution < -0.4 is 15.0 Å². The van der Waals surface area contributed by atoms with Gasteiger partial charge in [-0.3, -0.25) is 9.36 Å². The van der Waals surface area contributed by atoms with Crippen LogP contribution in [0.1, 0.15) is 11.6 Å². The highest BCUT2D eigenvalue weighted by molar-refractivity contribution is 7.98. The Balaban J connectivity index is 1.42. The number of aromatic amines is 1. The maximum Gasteiger partial charge on any atom is 0.258 e. The second kappa shape index (κ2) is 9.80. The fraction of sp³-hybridized carbons (Fsp3) is 0.120. The minimum atomic E-state index is -0.156. The smallest absolute Gasteiger partial charge is 0.258 e. The molecule has 5 aromatic rings. The van der Waals surface area contributed by atoms with Gasteiger partial charge < -0.3 is 14.5 Å². The molecule has 0 unspecified atom stereocenters. The van der Waals surface area contributed by atoms with Crippen molar-refractivity contribution >= 4 is 22.7 Å². The molecule has 0 atom stereocenters. The summed E-state index contributed by atoms with van der Waals surface area (Å²) < 4.78 is 13.3. The molecule has 1 N–H and O–H groups in total. The second-order valence-corrected chi connectivity index (χ2v) is 8.27. The zero-order valence-electron chi connectivity index (χ0n) is 18.3. The van der Waals surface area contributed by atoms with Gasteiger partial charge in [-0.15, -0.1) is 10.2 Å². The Bertz CT molecular complexity index is 1480. The van der Waals surface area contributed by atoms with E-state index in [2.05, 4.69) is 20.2 Å². The average molecular weight is 472 g/mol. The van der Waals surface area contributed by atoms with Gasteiger partial charge in [0.1, 0.15) is 12.4 Å². The maximum absolute atomic E-state index is 12.4. The van der Waals surface area contributed by atoms with Crippen LogP contribution in [0.4, 0.5) is 0 Å². The lowest BCUT2D eigenvalue weighted by Gasteiger charge is -2.12. The van der Waals surface area contributed by atoms with Crippen molar-refractivity contribution in [2.24, 2.45) is 0 Å². The van der Waals surface area contributed by atoms with E-state index in [1.165, 1.54) is 11.8 Å². The Labute approximate surface area is 199 Å². The Morgan fingerprint density at radius 3 is 2.47 bits per heavy atom. The molecule has 0 bridgehead atoms. The van der Waals surface area contributed by atoms with Gasteiger partial charge in [0.15, 0.2) is 22.5 Å². The van der Waals surface area contributed by atoms with Crippen LogP contribution in [0.5, 0.6) is 11.5 Å². The van der Waals surface area contributed by atoms with Gasteiger partial charge in [-0.05, 0) is 36.4 Å². The first-order valence-corrected chi connectivity index (χ1v) is 11.6. The Kier molecular flexibility index (Phi) is 6.26. The topological polar surface area (TPSA) is 94.9 Å². The predicted molar refractivity (Wildman–Crippen MR) is 131 cm³/mol. The van der Waals surface area contributed by atoms with E-state index in [1.54, 1.807) is 13.2 Å². The van der Waals surface area contributed by atoms with Crippen molar-refractivity contribution in [3.05, 3.63) is 101 Å². The quantitative estimate of drug-likeness (QED) is 0.336. The number of nitrogens with zero attached hydrogens (tertiary/aromatic N) is 4. The molecule has 0 saturated heterocycles. The number of hydrogen-bond donors (Lipinski definition) is 1. The normalized spacial score (nSPS) is 11.0. The molecule has 0 spiro atoms. The van der Waals surface area contributed by atoms with Crippen LogP contribution in [0.2, 0.25) is 0 Å². The van der Waals surface area contributed by atoms with E-state index >= 15 is 0 Å². The SMILES string of the molecule is COc1ccccc1OCc1nnc(SCc2nc3ccccc3c(=O)[nH]2)n1-c1ccccc1. The number of aromatic nitrogens is 5. The highest BCUT2D eigenvalue weighted by Crippen LogP contribution is 2.28. The molecule has 3 aromatic carbocycles. The van der Waals surface area contributed by atoms with Gasteiger partial charge >= 0.3 is 0 Å². The van der Waals surface area contributed by atoms with E-state index in [0.717, 1.165) is 5.69 Å². The zero-order valence-corrected chi connectivity index (χ0v) is 19.2. The number of hydrogen-bond acceptors (Lipinski definition) is 7. The third-order valence-corrected chi connectivity index (χ3v) is 6.08. The number of thioether (sulfide) groups is 1. The van der Waals surface area contributed by atoms with Crippen LogP contribution in [0, 0.1) is 0 Å². The largest absolute Gasteiger partial charge is 0.493 e. The molecule has 5 rings (SSSR count). The average Bonchev–Trinajstić information content (AvgIpc) is 3.29. The first kappa shape index (κ1) is 21.7. The summed E-state index contributed by atoms with van der Waals surface area (Å²) in [5.41, 5.74) is 1.42. The van der Waals surface area contributed by atoms with E-state index in [0.29, 0.717) is 45.0 Å². The first-order valence-electron chi connectivity index (χ1n) is 10.6. The summed E-state index contributed by atoms with van der Waals surface area (Å²) in [6.45, 7) is 0.202. The fourth-order valence-electron chi connectivity index (χ4n) is 3.54. The van der Waals surface area contributed by atoms with Gasteiger partial charge in [-0.2, -0.15) is 0 Å². The number of fused-ring (bicyclic) bond motifs is 1. The van der Waals surface area contributed by atoms with Crippen molar-refractivity contribution in [2.75, 3.05) is 7.11 Å². The summed E-state index contributed by atoms with van der Waals surface area (Å²) >= 11 is 1.44. The van der Waals surface area contributed by atoms with Crippen LogP contribution in [-0.4, -0.2) is 31.8 Å². The second-order valence-electron chi connectivity index (χ2n) is 7.33. The maximum atomic E-state index is 12.4. The Morgan fingerprint density at radius 1 is 0.912 bits per heavy atom. The highest BCUT2D eigenvalue weighted by Gasteiger charge is 2.17. The number of benzene rings is 3. The van der Waals surface area contributed by atoms with Crippen molar-refractivity contribution in [1.29, 1.82) is 0 Å². The number of nitrogens with one attached hydrogen (secondary N) is 1. The molecule has 8 nitrogen and oxygen atoms in total. The van der Waals surface area contributed by atoms with Crippen LogP contribution in [-0.2, 0) is 12.4 Å². The molecule has 0 aliphatic carbocycles. The molecule has 0 aliphatic rings. The van der Waals surface area contributed by atoms with Crippen molar-refractivity contribution < 1.29 is 9.47 Å². The van der Waals surface area contributed by atoms with E-state index < -0.39 is 0 Å². The van der Waals surface area contributed by atoms with Crippen LogP contribution in [0.15, 0.2) is 88.8 Å². The third kappa shape index (κ3) is 4.51. The summed E-state index contributed by atoms with van der Waals surface area (Å²) in [6.07, 6.45) is 0. The number of para-hydroxylation sites is 4. The summed E-state index contributed by atoms with van der Waals surface area (Å²) in [5.74, 6) is 2.91. The molecular formula is C25H21N5O3S. The highest BCUT2D eigenvalue weighted by atomic mass is 32.2. The van der Waals surface area contributed by atoms with Crippen LogP contribution in [0.25, 0.3) is 16.6 Å². The molecular weight excluding hydrogens is 450 g/mol. The molecule has 0 amide bonds. The molecule has 0 radical (unpaired) electrons. The molecule has 2 heterocycles. The fourth-order valence-corrected chi connectivity index (χ4v) is 4.38. The molecule has 0 aliphatic heterocycles. The number of rotatable bonds is 8. The molecule has 34 heavy (non-hydrogen) atoms. The van der Waals surface area contributed by atoms with Gasteiger partial charge in [-0.1, -0.05) is 54.2 Å². The molecule has 0 saturated carbocycles. The van der Waals surface area contributed by atoms with Crippen molar-refractivity contribution in [3.8, 4) is 17.2 Å². The molecule has 9 heteroatoms. The standard InChI is InChI=1S/C25H21N5O3S/c1-32-20-13-7-8-14-21(20)33-15-23-28-29-25(30(23)17-9-3-2-4-10-17)34-16-22-26-19-12-6-5-11-18(19)24(31)27-22/h2-14H,15-16H2,1H3,(H,26,27,31). The zero-order chi connectivity index (χ0) is 23.3. The molecule has 170 valence electrons. The number of methoxy groups -OCH3 is 1. The van der Waals surface area contributed by atoms with Crippen LogP contribution in [0.3, 0.4) is 0 Å². The predicted octanol–water partition coefficient (Wildman–Crippen LogP) is 4.38. The van der Waals surface area contributed by atoms with E-state index in [9.17, 15) is 4.79 Å². The third-order valence-electron chi connectivity index (χ3n) is 5.14. The lowest BCUT2D eigenvalue weighted by molar-refractivity contribution is 0.274. The van der Waals surface area contributed by atoms with E-state index in [4.69, 9.17) is 9.47 Å². The first-order chi connectivity index (χ1) is 16.7. The number of ether oxygens (including phenoxy) is 2. The van der Waals surface area contributed by atoms with Gasteiger partial charge in [0.25, 0.3) is 5.56 Å². The summed E-state index contributed by atoms with van der Waals surface area (Å²) in [7, 11) is 1.61. The van der Waals surface area contributed by atoms with Crippen molar-refractivity contribution in [1.82, 2.24) is 24.7 Å². The van der Waals surface area contributed by atoms with Crippen molar-refractivity contribution in [3.63, 3.8) is 0 Å². The summed E-state index contributed by atoms with van der Waals surface area (Å²) in [5, 5.41) is 10.0. The number of H-pyrrole nitrogens is 1. The Morgan fingerprint density at radius 2 is 1.65 bits per heavy atom. The lowest BCUT2D eigenvalue weighted by atomic mass is 10.2. The van der Waals surface area contributed by atoms with Gasteiger partial charge in [0.05, 0.1) is 23.8 Å². The minimum Gasteiger partial charge on any atom is -0.493 e.